The first kappa shape index (κ1) is 24.0. The standard InChI is InChI=1S/C21H23ClN4O4S2/c22-18-5-1-2-6-19(18)26-32(28,29)17-10-7-15(8-11-17)9-12-20(27)24-25-21(31)23-14-16-4-3-13-30-16/h1-2,5-12,16,26H,3-4,13-14H2,(H,24,27)(H2,23,25,31)/t16-/m0/s1. The fourth-order valence-corrected chi connectivity index (χ4v) is 4.35. The Balaban J connectivity index is 1.48. The number of anilines is 1. The van der Waals surface area contributed by atoms with Crippen LogP contribution in [0.3, 0.4) is 0 Å². The summed E-state index contributed by atoms with van der Waals surface area (Å²) in [6, 6.07) is 12.6. The average molecular weight is 495 g/mol. The first-order valence-electron chi connectivity index (χ1n) is 9.84. The van der Waals surface area contributed by atoms with Crippen LogP contribution in [0.1, 0.15) is 18.4 Å². The van der Waals surface area contributed by atoms with E-state index in [4.69, 9.17) is 28.6 Å². The molecular formula is C21H23ClN4O4S2. The average Bonchev–Trinajstić information content (AvgIpc) is 3.30. The number of sulfonamides is 1. The first-order valence-corrected chi connectivity index (χ1v) is 12.1. The van der Waals surface area contributed by atoms with Gasteiger partial charge in [-0.3, -0.25) is 20.4 Å². The zero-order chi connectivity index (χ0) is 23.0. The maximum Gasteiger partial charge on any atom is 0.262 e. The van der Waals surface area contributed by atoms with Crippen molar-refractivity contribution < 1.29 is 17.9 Å². The number of thiocarbonyl (C=S) groups is 1. The molecule has 1 amide bonds. The lowest BCUT2D eigenvalue weighted by atomic mass is 10.2. The van der Waals surface area contributed by atoms with E-state index in [1.54, 1.807) is 42.5 Å². The maximum absolute atomic E-state index is 12.5. The molecule has 3 rings (SSSR count). The monoisotopic (exact) mass is 494 g/mol. The van der Waals surface area contributed by atoms with E-state index in [1.807, 2.05) is 0 Å². The largest absolute Gasteiger partial charge is 0.376 e. The van der Waals surface area contributed by atoms with Crippen molar-refractivity contribution in [3.05, 3.63) is 65.2 Å². The topological polar surface area (TPSA) is 109 Å². The minimum atomic E-state index is -3.79. The van der Waals surface area contributed by atoms with Gasteiger partial charge in [-0.15, -0.1) is 0 Å². The van der Waals surface area contributed by atoms with Crippen molar-refractivity contribution in [1.82, 2.24) is 16.2 Å². The summed E-state index contributed by atoms with van der Waals surface area (Å²) in [7, 11) is -3.79. The predicted octanol–water partition coefficient (Wildman–Crippen LogP) is 2.83. The fraction of sp³-hybridized carbons (Fsp3) is 0.238. The Morgan fingerprint density at radius 3 is 2.59 bits per heavy atom. The van der Waals surface area contributed by atoms with E-state index in [9.17, 15) is 13.2 Å². The van der Waals surface area contributed by atoms with E-state index in [1.165, 1.54) is 18.2 Å². The highest BCUT2D eigenvalue weighted by Gasteiger charge is 2.16. The lowest BCUT2D eigenvalue weighted by Crippen LogP contribution is -2.47. The zero-order valence-electron chi connectivity index (χ0n) is 17.0. The van der Waals surface area contributed by atoms with Crippen LogP contribution < -0.4 is 20.9 Å². The molecule has 0 bridgehead atoms. The van der Waals surface area contributed by atoms with Crippen LogP contribution in [0.4, 0.5) is 5.69 Å². The minimum absolute atomic E-state index is 0.0725. The minimum Gasteiger partial charge on any atom is -0.376 e. The summed E-state index contributed by atoms with van der Waals surface area (Å²) in [5.41, 5.74) is 6.02. The van der Waals surface area contributed by atoms with Crippen molar-refractivity contribution in [2.45, 2.75) is 23.8 Å². The second kappa shape index (κ2) is 11.3. The molecule has 2 aromatic rings. The van der Waals surface area contributed by atoms with E-state index >= 15 is 0 Å². The van der Waals surface area contributed by atoms with Crippen LogP contribution in [-0.2, 0) is 19.6 Å². The van der Waals surface area contributed by atoms with Gasteiger partial charge >= 0.3 is 0 Å². The Morgan fingerprint density at radius 1 is 1.16 bits per heavy atom. The number of ether oxygens (including phenoxy) is 1. The van der Waals surface area contributed by atoms with Crippen molar-refractivity contribution in [2.24, 2.45) is 0 Å². The molecule has 32 heavy (non-hydrogen) atoms. The number of rotatable bonds is 7. The van der Waals surface area contributed by atoms with Crippen LogP contribution >= 0.6 is 23.8 Å². The first-order chi connectivity index (χ1) is 15.3. The summed E-state index contributed by atoms with van der Waals surface area (Å²) in [6.45, 7) is 1.34. The number of amides is 1. The zero-order valence-corrected chi connectivity index (χ0v) is 19.4. The summed E-state index contributed by atoms with van der Waals surface area (Å²) in [5.74, 6) is -0.414. The molecule has 4 N–H and O–H groups in total. The molecule has 1 aliphatic heterocycles. The molecule has 11 heteroatoms. The number of hydrogen-bond donors (Lipinski definition) is 4. The predicted molar refractivity (Wildman–Crippen MR) is 129 cm³/mol. The van der Waals surface area contributed by atoms with Crippen LogP contribution in [0.25, 0.3) is 6.08 Å². The summed E-state index contributed by atoms with van der Waals surface area (Å²) in [6.07, 6.45) is 5.02. The molecule has 1 heterocycles. The van der Waals surface area contributed by atoms with Gasteiger partial charge in [0.25, 0.3) is 15.9 Å². The van der Waals surface area contributed by atoms with Crippen LogP contribution in [0.5, 0.6) is 0 Å². The highest BCUT2D eigenvalue weighted by Crippen LogP contribution is 2.24. The van der Waals surface area contributed by atoms with Gasteiger partial charge in [0.2, 0.25) is 0 Å². The van der Waals surface area contributed by atoms with Crippen LogP contribution in [0.15, 0.2) is 59.5 Å². The number of carbonyl (C=O) groups excluding carboxylic acids is 1. The maximum atomic E-state index is 12.5. The number of carbonyl (C=O) groups is 1. The SMILES string of the molecule is O=C(C=Cc1ccc(S(=O)(=O)Nc2ccccc2Cl)cc1)NNC(=S)NC[C@@H]1CCCO1. The molecule has 0 spiro atoms. The van der Waals surface area contributed by atoms with Crippen LogP contribution in [-0.4, -0.2) is 38.7 Å². The third kappa shape index (κ3) is 7.20. The van der Waals surface area contributed by atoms with Crippen LogP contribution in [0, 0.1) is 0 Å². The number of nitrogens with one attached hydrogen (secondary N) is 4. The fourth-order valence-electron chi connectivity index (χ4n) is 2.89. The molecule has 0 aromatic heterocycles. The second-order valence-electron chi connectivity index (χ2n) is 6.95. The summed E-state index contributed by atoms with van der Waals surface area (Å²) in [5, 5.41) is 3.58. The van der Waals surface area contributed by atoms with Crippen molar-refractivity contribution in [3.63, 3.8) is 0 Å². The van der Waals surface area contributed by atoms with E-state index < -0.39 is 15.9 Å². The molecular weight excluding hydrogens is 472 g/mol. The molecule has 0 saturated carbocycles. The Kier molecular flexibility index (Phi) is 8.46. The van der Waals surface area contributed by atoms with Crippen molar-refractivity contribution in [3.8, 4) is 0 Å². The van der Waals surface area contributed by atoms with Gasteiger partial charge in [0.05, 0.1) is 21.7 Å². The Labute approximate surface area is 197 Å². The quantitative estimate of drug-likeness (QED) is 0.266. The Hall–Kier alpha value is -2.66. The van der Waals surface area contributed by atoms with Gasteiger partial charge < -0.3 is 10.1 Å². The number of benzene rings is 2. The van der Waals surface area contributed by atoms with E-state index in [0.29, 0.717) is 27.9 Å². The van der Waals surface area contributed by atoms with Crippen molar-refractivity contribution in [1.29, 1.82) is 0 Å². The molecule has 1 saturated heterocycles. The number of halogens is 1. The molecule has 1 fully saturated rings. The van der Waals surface area contributed by atoms with Crippen LogP contribution in [0.2, 0.25) is 5.02 Å². The number of para-hydroxylation sites is 1. The molecule has 0 radical (unpaired) electrons. The Morgan fingerprint density at radius 2 is 1.91 bits per heavy atom. The lowest BCUT2D eigenvalue weighted by molar-refractivity contribution is -0.116. The molecule has 8 nitrogen and oxygen atoms in total. The van der Waals surface area contributed by atoms with Crippen molar-refractivity contribution in [2.75, 3.05) is 17.9 Å². The lowest BCUT2D eigenvalue weighted by Gasteiger charge is -2.13. The van der Waals surface area contributed by atoms with Crippen molar-refractivity contribution >= 4 is 56.6 Å². The number of hydrazine groups is 1. The third-order valence-electron chi connectivity index (χ3n) is 4.55. The van der Waals surface area contributed by atoms with Gasteiger partial charge in [0.1, 0.15) is 0 Å². The molecule has 2 aromatic carbocycles. The van der Waals surface area contributed by atoms with E-state index in [-0.39, 0.29) is 11.0 Å². The molecule has 0 unspecified atom stereocenters. The van der Waals surface area contributed by atoms with Gasteiger partial charge in [0, 0.05) is 19.2 Å². The van der Waals surface area contributed by atoms with Gasteiger partial charge in [-0.25, -0.2) is 8.42 Å². The van der Waals surface area contributed by atoms with Gasteiger partial charge in [-0.1, -0.05) is 35.9 Å². The molecule has 0 aliphatic carbocycles. The molecule has 170 valence electrons. The van der Waals surface area contributed by atoms with Gasteiger partial charge in [-0.05, 0) is 61.0 Å². The molecule has 1 aliphatic rings. The highest BCUT2D eigenvalue weighted by molar-refractivity contribution is 7.92. The number of hydrogen-bond acceptors (Lipinski definition) is 5. The summed E-state index contributed by atoms with van der Waals surface area (Å²) < 4.78 is 33.0. The third-order valence-corrected chi connectivity index (χ3v) is 6.51. The smallest absolute Gasteiger partial charge is 0.262 e. The van der Waals surface area contributed by atoms with E-state index in [0.717, 1.165) is 19.4 Å². The molecule has 1 atom stereocenters. The highest BCUT2D eigenvalue weighted by atomic mass is 35.5. The second-order valence-corrected chi connectivity index (χ2v) is 9.44. The Bertz CT molecular complexity index is 1090. The van der Waals surface area contributed by atoms with Gasteiger partial charge in [-0.2, -0.15) is 0 Å². The normalized spacial score (nSPS) is 16.0. The summed E-state index contributed by atoms with van der Waals surface area (Å²) in [4.78, 5) is 12.0. The van der Waals surface area contributed by atoms with Gasteiger partial charge in [0.15, 0.2) is 5.11 Å². The van der Waals surface area contributed by atoms with E-state index in [2.05, 4.69) is 20.9 Å². The summed E-state index contributed by atoms with van der Waals surface area (Å²) >= 11 is 11.1.